The molecular weight excluding hydrogens is 524 g/mol. The van der Waals surface area contributed by atoms with Gasteiger partial charge in [-0.05, 0) is 98.3 Å². The fraction of sp³-hybridized carbons (Fsp3) is 0.688. The number of nitrogens with one attached hydrogen (secondary N) is 1. The lowest BCUT2D eigenvalue weighted by atomic mass is 9.49. The van der Waals surface area contributed by atoms with Gasteiger partial charge in [-0.25, -0.2) is 0 Å². The molecule has 1 heterocycles. The largest absolute Gasteiger partial charge is 0.493 e. The molecule has 4 N–H and O–H groups in total. The third-order valence-electron chi connectivity index (χ3n) is 10.7. The van der Waals surface area contributed by atoms with Gasteiger partial charge in [0.2, 0.25) is 11.8 Å². The molecule has 1 aliphatic heterocycles. The summed E-state index contributed by atoms with van der Waals surface area (Å²) >= 11 is 0. The predicted molar refractivity (Wildman–Crippen MR) is 149 cm³/mol. The summed E-state index contributed by atoms with van der Waals surface area (Å²) < 4.78 is 12.0. The monoisotopic (exact) mass is 566 g/mol. The molecule has 4 atom stereocenters. The second kappa shape index (κ2) is 10.3. The first-order valence-electron chi connectivity index (χ1n) is 15.4. The zero-order chi connectivity index (χ0) is 28.5. The van der Waals surface area contributed by atoms with Gasteiger partial charge in [0.05, 0.1) is 32.3 Å². The van der Waals surface area contributed by atoms with Crippen molar-refractivity contribution in [2.24, 2.45) is 29.1 Å². The Balaban J connectivity index is 1.28. The fourth-order valence-corrected chi connectivity index (χ4v) is 9.36. The highest BCUT2D eigenvalue weighted by molar-refractivity contribution is 5.96. The summed E-state index contributed by atoms with van der Waals surface area (Å²) in [6.07, 6.45) is 9.00. The summed E-state index contributed by atoms with van der Waals surface area (Å²) in [5.41, 5.74) is 1.77. The second-order valence-corrected chi connectivity index (χ2v) is 13.7. The summed E-state index contributed by atoms with van der Waals surface area (Å²) in [5, 5.41) is 34.1. The molecule has 6 aliphatic carbocycles. The average Bonchev–Trinajstić information content (AvgIpc) is 3.73. The molecule has 222 valence electrons. The van der Waals surface area contributed by atoms with E-state index in [1.807, 2.05) is 4.90 Å². The minimum absolute atomic E-state index is 0.0252. The normalized spacial score (nSPS) is 36.2. The van der Waals surface area contributed by atoms with E-state index < -0.39 is 24.2 Å². The van der Waals surface area contributed by atoms with Crippen LogP contribution in [0.1, 0.15) is 68.4 Å². The third-order valence-corrected chi connectivity index (χ3v) is 10.7. The van der Waals surface area contributed by atoms with Crippen molar-refractivity contribution >= 4 is 11.8 Å². The number of nitrogens with zero attached hydrogens (tertiary/aromatic N) is 1. The molecule has 4 unspecified atom stereocenters. The van der Waals surface area contributed by atoms with Crippen LogP contribution in [0.3, 0.4) is 0 Å². The smallest absolute Gasteiger partial charge is 0.247 e. The average molecular weight is 567 g/mol. The van der Waals surface area contributed by atoms with Crippen LogP contribution in [0.2, 0.25) is 0 Å². The SMILES string of the molecule is COc1cc(CO)cc2c1OC1C2C(C(=O)NCCO)=CC(N(CC23CC4CC(CC(C4)C2)C3)C(=O)C2CC2)C1O. The maximum absolute atomic E-state index is 14.0. The van der Waals surface area contributed by atoms with Crippen LogP contribution in [-0.2, 0) is 16.2 Å². The van der Waals surface area contributed by atoms with Crippen LogP contribution in [0.5, 0.6) is 11.5 Å². The van der Waals surface area contributed by atoms with Crippen molar-refractivity contribution in [2.45, 2.75) is 82.1 Å². The number of rotatable bonds is 9. The van der Waals surface area contributed by atoms with Crippen molar-refractivity contribution in [3.63, 3.8) is 0 Å². The lowest BCUT2D eigenvalue weighted by Gasteiger charge is -2.58. The van der Waals surface area contributed by atoms with Gasteiger partial charge in [0.15, 0.2) is 11.5 Å². The van der Waals surface area contributed by atoms with E-state index in [4.69, 9.17) is 9.47 Å². The number of aliphatic hydroxyl groups excluding tert-OH is 3. The highest BCUT2D eigenvalue weighted by Crippen LogP contribution is 2.61. The number of amides is 2. The molecular formula is C32H42N2O7. The number of aliphatic hydroxyl groups is 3. The molecule has 5 saturated carbocycles. The molecule has 4 bridgehead atoms. The van der Waals surface area contributed by atoms with Crippen molar-refractivity contribution < 1.29 is 34.4 Å². The molecule has 9 heteroatoms. The van der Waals surface area contributed by atoms with E-state index in [0.29, 0.717) is 34.7 Å². The van der Waals surface area contributed by atoms with E-state index in [-0.39, 0.29) is 42.9 Å². The summed E-state index contributed by atoms with van der Waals surface area (Å²) in [7, 11) is 1.52. The zero-order valence-corrected chi connectivity index (χ0v) is 23.8. The molecule has 0 radical (unpaired) electrons. The van der Waals surface area contributed by atoms with E-state index in [2.05, 4.69) is 5.32 Å². The van der Waals surface area contributed by atoms with E-state index in [1.165, 1.54) is 26.4 Å². The molecule has 5 fully saturated rings. The second-order valence-electron chi connectivity index (χ2n) is 13.7. The molecule has 0 saturated heterocycles. The molecule has 0 aromatic heterocycles. The number of methoxy groups -OCH3 is 1. The van der Waals surface area contributed by atoms with Crippen LogP contribution < -0.4 is 14.8 Å². The van der Waals surface area contributed by atoms with Crippen molar-refractivity contribution in [1.29, 1.82) is 0 Å². The van der Waals surface area contributed by atoms with Crippen LogP contribution in [-0.4, -0.2) is 77.1 Å². The number of carbonyl (C=O) groups excluding carboxylic acids is 2. The van der Waals surface area contributed by atoms with Gasteiger partial charge in [-0.15, -0.1) is 0 Å². The Bertz CT molecular complexity index is 1220. The van der Waals surface area contributed by atoms with Gasteiger partial charge in [0, 0.05) is 30.1 Å². The van der Waals surface area contributed by atoms with Gasteiger partial charge in [0.1, 0.15) is 12.2 Å². The summed E-state index contributed by atoms with van der Waals surface area (Å²) in [6.45, 7) is 0.286. The topological polar surface area (TPSA) is 129 Å². The van der Waals surface area contributed by atoms with Gasteiger partial charge in [0.25, 0.3) is 0 Å². The molecule has 2 amide bonds. The van der Waals surface area contributed by atoms with E-state index in [0.717, 1.165) is 49.9 Å². The fourth-order valence-electron chi connectivity index (χ4n) is 9.36. The van der Waals surface area contributed by atoms with Gasteiger partial charge >= 0.3 is 0 Å². The molecule has 1 aromatic rings. The Morgan fingerprint density at radius 2 is 1.78 bits per heavy atom. The Morgan fingerprint density at radius 3 is 2.37 bits per heavy atom. The maximum Gasteiger partial charge on any atom is 0.247 e. The van der Waals surface area contributed by atoms with Gasteiger partial charge < -0.3 is 35.0 Å². The Morgan fingerprint density at radius 1 is 1.10 bits per heavy atom. The highest BCUT2D eigenvalue weighted by atomic mass is 16.5. The lowest BCUT2D eigenvalue weighted by molar-refractivity contribution is -0.146. The van der Waals surface area contributed by atoms with Crippen LogP contribution in [0.25, 0.3) is 0 Å². The van der Waals surface area contributed by atoms with E-state index in [1.54, 1.807) is 18.2 Å². The Hall–Kier alpha value is -2.62. The maximum atomic E-state index is 14.0. The lowest BCUT2D eigenvalue weighted by Crippen LogP contribution is -2.60. The number of carbonyl (C=O) groups is 2. The molecule has 41 heavy (non-hydrogen) atoms. The first-order chi connectivity index (χ1) is 19.8. The quantitative estimate of drug-likeness (QED) is 0.361. The summed E-state index contributed by atoms with van der Waals surface area (Å²) in [6, 6.07) is 2.79. The van der Waals surface area contributed by atoms with Crippen molar-refractivity contribution in [2.75, 3.05) is 26.8 Å². The van der Waals surface area contributed by atoms with Crippen LogP contribution >= 0.6 is 0 Å². The third kappa shape index (κ3) is 4.64. The number of benzene rings is 1. The first kappa shape index (κ1) is 27.2. The van der Waals surface area contributed by atoms with Crippen molar-refractivity contribution in [3.05, 3.63) is 34.9 Å². The van der Waals surface area contributed by atoms with E-state index in [9.17, 15) is 24.9 Å². The van der Waals surface area contributed by atoms with Crippen LogP contribution in [0.15, 0.2) is 23.8 Å². The minimum atomic E-state index is -1.05. The Labute approximate surface area is 240 Å². The molecule has 9 nitrogen and oxygen atoms in total. The highest BCUT2D eigenvalue weighted by Gasteiger charge is 2.56. The zero-order valence-electron chi connectivity index (χ0n) is 23.8. The van der Waals surface area contributed by atoms with Crippen molar-refractivity contribution in [1.82, 2.24) is 10.2 Å². The number of hydrogen-bond acceptors (Lipinski definition) is 7. The molecule has 1 aromatic carbocycles. The number of hydrogen-bond donors (Lipinski definition) is 4. The summed E-state index contributed by atoms with van der Waals surface area (Å²) in [4.78, 5) is 29.5. The van der Waals surface area contributed by atoms with Crippen LogP contribution in [0, 0.1) is 29.1 Å². The Kier molecular flexibility index (Phi) is 6.83. The van der Waals surface area contributed by atoms with Gasteiger partial charge in [-0.2, -0.15) is 0 Å². The molecule has 7 aliphatic rings. The predicted octanol–water partition coefficient (Wildman–Crippen LogP) is 2.27. The number of fused-ring (bicyclic) bond motifs is 3. The van der Waals surface area contributed by atoms with Crippen molar-refractivity contribution in [3.8, 4) is 11.5 Å². The minimum Gasteiger partial charge on any atom is -0.493 e. The number of ether oxygens (including phenoxy) is 2. The molecule has 0 spiro atoms. The van der Waals surface area contributed by atoms with Crippen LogP contribution in [0.4, 0.5) is 0 Å². The van der Waals surface area contributed by atoms with E-state index >= 15 is 0 Å². The molecule has 8 rings (SSSR count). The standard InChI is InChI=1S/C32H42N2O7/c1-40-25-10-20(15-36)9-22-26-23(30(38)33-4-5-35)11-24(27(37)29(26)41-28(22)25)34(31(39)21-2-3-21)16-32-12-17-6-18(13-32)8-19(7-17)14-32/h9-11,17-19,21,24,26-27,29,35-37H,2-8,12-16H2,1H3,(H,33,38). The van der Waals surface area contributed by atoms with Gasteiger partial charge in [-0.3, -0.25) is 9.59 Å². The first-order valence-corrected chi connectivity index (χ1v) is 15.4. The van der Waals surface area contributed by atoms with Gasteiger partial charge in [-0.1, -0.05) is 0 Å². The summed E-state index contributed by atoms with van der Waals surface area (Å²) in [5.74, 6) is 2.16.